The van der Waals surface area contributed by atoms with Gasteiger partial charge in [-0.2, -0.15) is 0 Å². The zero-order chi connectivity index (χ0) is 30.1. The Hall–Kier alpha value is -4.05. The van der Waals surface area contributed by atoms with Crippen LogP contribution in [0.2, 0.25) is 0 Å². The average molecular weight is 578 g/mol. The molecule has 2 amide bonds. The maximum Gasteiger partial charge on any atom is 0.488 e. The fourth-order valence-electron chi connectivity index (χ4n) is 6.98. The third kappa shape index (κ3) is 5.68. The van der Waals surface area contributed by atoms with Crippen molar-refractivity contribution in [2.45, 2.75) is 45.1 Å². The quantitative estimate of drug-likeness (QED) is 0.199. The molecule has 9 heteroatoms. The number of phenols is 1. The summed E-state index contributed by atoms with van der Waals surface area (Å²) in [5.41, 5.74) is 5.88. The van der Waals surface area contributed by atoms with Gasteiger partial charge in [-0.1, -0.05) is 49.2 Å². The largest absolute Gasteiger partial charge is 0.508 e. The Balaban J connectivity index is 1.27. The number of carbonyl (C=O) groups excluding carboxylic acids is 2. The van der Waals surface area contributed by atoms with Crippen molar-refractivity contribution in [3.05, 3.63) is 95.3 Å². The van der Waals surface area contributed by atoms with Gasteiger partial charge in [0.2, 0.25) is 11.8 Å². The Bertz CT molecular complexity index is 1570. The van der Waals surface area contributed by atoms with Crippen molar-refractivity contribution >= 4 is 41.7 Å². The molecule has 0 radical (unpaired) electrons. The van der Waals surface area contributed by atoms with Crippen LogP contribution in [0.3, 0.4) is 0 Å². The van der Waals surface area contributed by atoms with Crippen LogP contribution in [0.25, 0.3) is 11.6 Å². The molecule has 2 aliphatic heterocycles. The lowest BCUT2D eigenvalue weighted by atomic mass is 9.68. The summed E-state index contributed by atoms with van der Waals surface area (Å²) >= 11 is 0. The van der Waals surface area contributed by atoms with Gasteiger partial charge in [0.1, 0.15) is 5.75 Å². The number of hydrogen-bond donors (Lipinski definition) is 3. The Morgan fingerprint density at radius 2 is 1.86 bits per heavy atom. The topological polar surface area (TPSA) is 120 Å². The number of phenolic OH excluding ortho intramolecular Hbond substituents is 1. The van der Waals surface area contributed by atoms with E-state index < -0.39 is 19.0 Å². The van der Waals surface area contributed by atoms with E-state index in [1.165, 1.54) is 22.1 Å². The molecule has 3 N–H and O–H groups in total. The van der Waals surface area contributed by atoms with Crippen LogP contribution in [0.4, 0.5) is 5.69 Å². The Morgan fingerprint density at radius 3 is 2.58 bits per heavy atom. The molecule has 0 bridgehead atoms. The number of carbonyl (C=O) groups is 2. The van der Waals surface area contributed by atoms with Crippen LogP contribution in [-0.4, -0.2) is 51.8 Å². The molecule has 0 unspecified atom stereocenters. The van der Waals surface area contributed by atoms with Crippen molar-refractivity contribution in [2.75, 3.05) is 11.5 Å². The number of nitrogens with zero attached hydrogens (tertiary/aromatic N) is 2. The van der Waals surface area contributed by atoms with Crippen LogP contribution in [0.5, 0.6) is 5.75 Å². The van der Waals surface area contributed by atoms with Gasteiger partial charge < -0.3 is 19.9 Å². The van der Waals surface area contributed by atoms with Crippen LogP contribution in [-0.2, 0) is 14.3 Å². The summed E-state index contributed by atoms with van der Waals surface area (Å²) < 4.78 is 6.43. The second-order valence-electron chi connectivity index (χ2n) is 11.6. The second kappa shape index (κ2) is 12.3. The number of benzene rings is 2. The summed E-state index contributed by atoms with van der Waals surface area (Å²) in [5.74, 6) is -1.39. The first-order chi connectivity index (χ1) is 20.9. The highest BCUT2D eigenvalue weighted by atomic mass is 16.5. The number of anilines is 1. The minimum Gasteiger partial charge on any atom is -0.508 e. The van der Waals surface area contributed by atoms with Crippen LogP contribution < -0.4 is 10.4 Å². The van der Waals surface area contributed by atoms with Gasteiger partial charge in [-0.3, -0.25) is 19.5 Å². The number of aromatic hydroxyl groups is 1. The van der Waals surface area contributed by atoms with E-state index in [0.717, 1.165) is 29.7 Å². The molecule has 3 aromatic rings. The van der Waals surface area contributed by atoms with E-state index in [9.17, 15) is 24.7 Å². The van der Waals surface area contributed by atoms with Gasteiger partial charge in [-0.15, -0.1) is 0 Å². The Kier molecular flexibility index (Phi) is 8.30. The van der Waals surface area contributed by atoms with Crippen LogP contribution in [0.1, 0.15) is 50.3 Å². The van der Waals surface area contributed by atoms with Crippen LogP contribution >= 0.6 is 0 Å². The SMILES string of the molecule is CCCC1=C2[C@@H](CC/C(=C/c3ccc(O)cc3)c3ccccn3)OC[C@@H]2[C@@H]2C(=O)N(c3cccc(B(O)O)c3)C(=O)[C@@H]2C1. The molecular weight excluding hydrogens is 543 g/mol. The van der Waals surface area contributed by atoms with Crippen molar-refractivity contribution in [1.29, 1.82) is 0 Å². The van der Waals surface area contributed by atoms with Crippen molar-refractivity contribution < 1.29 is 29.5 Å². The number of pyridine rings is 1. The van der Waals surface area contributed by atoms with E-state index in [1.54, 1.807) is 36.5 Å². The second-order valence-corrected chi connectivity index (χ2v) is 11.6. The minimum atomic E-state index is -1.69. The van der Waals surface area contributed by atoms with Gasteiger partial charge in [0.15, 0.2) is 0 Å². The maximum absolute atomic E-state index is 13.9. The van der Waals surface area contributed by atoms with Gasteiger partial charge in [0.25, 0.3) is 0 Å². The van der Waals surface area contributed by atoms with E-state index >= 15 is 0 Å². The van der Waals surface area contributed by atoms with Crippen molar-refractivity contribution in [3.8, 4) is 5.75 Å². The molecule has 0 spiro atoms. The molecule has 0 saturated carbocycles. The summed E-state index contributed by atoms with van der Waals surface area (Å²) in [6, 6.07) is 19.2. The number of fused-ring (bicyclic) bond motifs is 3. The van der Waals surface area contributed by atoms with Gasteiger partial charge in [0.05, 0.1) is 35.9 Å². The van der Waals surface area contributed by atoms with E-state index in [-0.39, 0.29) is 35.0 Å². The third-order valence-corrected chi connectivity index (χ3v) is 8.89. The Labute approximate surface area is 251 Å². The van der Waals surface area contributed by atoms with Crippen LogP contribution in [0.15, 0.2) is 84.1 Å². The molecule has 6 rings (SSSR count). The number of aromatic nitrogens is 1. The van der Waals surface area contributed by atoms with E-state index in [4.69, 9.17) is 4.74 Å². The average Bonchev–Trinajstić information content (AvgIpc) is 3.55. The molecule has 3 heterocycles. The summed E-state index contributed by atoms with van der Waals surface area (Å²) in [4.78, 5) is 33.4. The predicted octanol–water partition coefficient (Wildman–Crippen LogP) is 4.11. The minimum absolute atomic E-state index is 0.163. The predicted molar refractivity (Wildman–Crippen MR) is 165 cm³/mol. The van der Waals surface area contributed by atoms with Crippen molar-refractivity contribution in [3.63, 3.8) is 0 Å². The Morgan fingerprint density at radius 1 is 1.05 bits per heavy atom. The fraction of sp³-hybridized carbons (Fsp3) is 0.324. The molecule has 1 aromatic heterocycles. The number of ether oxygens (including phenoxy) is 1. The highest BCUT2D eigenvalue weighted by Gasteiger charge is 2.57. The number of imide groups is 1. The normalized spacial score (nSPS) is 23.5. The first-order valence-electron chi connectivity index (χ1n) is 14.9. The van der Waals surface area contributed by atoms with E-state index in [2.05, 4.69) is 18.0 Å². The highest BCUT2D eigenvalue weighted by molar-refractivity contribution is 6.58. The number of rotatable bonds is 9. The molecule has 2 saturated heterocycles. The van der Waals surface area contributed by atoms with E-state index in [1.807, 2.05) is 30.3 Å². The third-order valence-electron chi connectivity index (χ3n) is 8.89. The standard InChI is InChI=1S/C34H35BN2O6/c1-2-6-23-18-27-32(34(40)37(33(27)39)25-8-5-7-24(19-25)35(41)42)28-20-43-30(31(23)28)15-12-22(29-9-3-4-16-36-29)17-21-10-13-26(38)14-11-21/h3-5,7-11,13-14,16-17,19,27-28,30,32,38,41-42H,2,6,12,15,18,20H2,1H3/b22-17-/t27-,28+,30-,32-/m1/s1. The zero-order valence-electron chi connectivity index (χ0n) is 24.1. The molecule has 1 aliphatic carbocycles. The first-order valence-corrected chi connectivity index (χ1v) is 14.9. The molecular formula is C34H35BN2O6. The van der Waals surface area contributed by atoms with E-state index in [0.29, 0.717) is 31.6 Å². The lowest BCUT2D eigenvalue weighted by Crippen LogP contribution is -2.35. The fourth-order valence-corrected chi connectivity index (χ4v) is 6.98. The highest BCUT2D eigenvalue weighted by Crippen LogP contribution is 2.51. The summed E-state index contributed by atoms with van der Waals surface area (Å²) in [6.45, 7) is 2.51. The number of allylic oxidation sites excluding steroid dienone is 2. The summed E-state index contributed by atoms with van der Waals surface area (Å²) in [5, 5.41) is 29.0. The molecule has 2 fully saturated rings. The summed E-state index contributed by atoms with van der Waals surface area (Å²) in [6.07, 6.45) is 7.41. The monoisotopic (exact) mass is 578 g/mol. The molecule has 3 aliphatic rings. The van der Waals surface area contributed by atoms with Gasteiger partial charge >= 0.3 is 7.12 Å². The lowest BCUT2D eigenvalue weighted by molar-refractivity contribution is -0.122. The van der Waals surface area contributed by atoms with Crippen molar-refractivity contribution in [2.24, 2.45) is 17.8 Å². The molecule has 43 heavy (non-hydrogen) atoms. The number of hydrogen-bond acceptors (Lipinski definition) is 7. The van der Waals surface area contributed by atoms with Gasteiger partial charge in [-0.25, -0.2) is 0 Å². The lowest BCUT2D eigenvalue weighted by Gasteiger charge is -2.32. The van der Waals surface area contributed by atoms with Crippen molar-refractivity contribution in [1.82, 2.24) is 4.98 Å². The zero-order valence-corrected chi connectivity index (χ0v) is 24.1. The summed E-state index contributed by atoms with van der Waals surface area (Å²) in [7, 11) is -1.69. The molecule has 8 nitrogen and oxygen atoms in total. The molecule has 2 aromatic carbocycles. The maximum atomic E-state index is 13.9. The van der Waals surface area contributed by atoms with Gasteiger partial charge in [0, 0.05) is 12.1 Å². The van der Waals surface area contributed by atoms with Gasteiger partial charge in [-0.05, 0) is 90.3 Å². The smallest absolute Gasteiger partial charge is 0.488 e. The molecule has 4 atom stereocenters. The van der Waals surface area contributed by atoms with Crippen LogP contribution in [0, 0.1) is 17.8 Å². The molecule has 220 valence electrons. The number of amides is 2. The first kappa shape index (κ1) is 29.0.